The van der Waals surface area contributed by atoms with Crippen molar-refractivity contribution in [1.29, 1.82) is 0 Å². The van der Waals surface area contributed by atoms with E-state index in [0.717, 1.165) is 0 Å². The fraction of sp³-hybridized carbons (Fsp3) is 0.182. The number of para-hydroxylation sites is 1. The lowest BCUT2D eigenvalue weighted by Crippen LogP contribution is -2.07. The number of rotatable bonds is 3. The van der Waals surface area contributed by atoms with Crippen LogP contribution in [0.15, 0.2) is 30.6 Å². The number of carbonyl (C=O) groups excluding carboxylic acids is 1. The second-order valence-electron chi connectivity index (χ2n) is 3.18. The Kier molecular flexibility index (Phi) is 3.39. The summed E-state index contributed by atoms with van der Waals surface area (Å²) in [4.78, 5) is 15.3. The summed E-state index contributed by atoms with van der Waals surface area (Å²) in [6.07, 6.45) is 1.42. The maximum absolute atomic E-state index is 11.4. The van der Waals surface area contributed by atoms with E-state index in [2.05, 4.69) is 10.1 Å². The molecule has 2 aromatic rings. The van der Waals surface area contributed by atoms with Crippen molar-refractivity contribution in [3.8, 4) is 5.69 Å². The van der Waals surface area contributed by atoms with Crippen molar-refractivity contribution in [2.24, 2.45) is 0 Å². The van der Waals surface area contributed by atoms with E-state index >= 15 is 0 Å². The summed E-state index contributed by atoms with van der Waals surface area (Å²) >= 11 is 6.00. The molecule has 0 spiro atoms. The molecule has 0 fully saturated rings. The number of esters is 1. The van der Waals surface area contributed by atoms with Crippen molar-refractivity contribution in [1.82, 2.24) is 14.8 Å². The van der Waals surface area contributed by atoms with E-state index in [-0.39, 0.29) is 5.82 Å². The van der Waals surface area contributed by atoms with Crippen molar-refractivity contribution < 1.29 is 9.53 Å². The zero-order valence-electron chi connectivity index (χ0n) is 9.13. The molecule has 0 aliphatic carbocycles. The van der Waals surface area contributed by atoms with Crippen LogP contribution < -0.4 is 0 Å². The number of aromatic nitrogens is 3. The van der Waals surface area contributed by atoms with Gasteiger partial charge < -0.3 is 4.74 Å². The van der Waals surface area contributed by atoms with Gasteiger partial charge in [-0.2, -0.15) is 0 Å². The topological polar surface area (TPSA) is 57.0 Å². The SMILES string of the molecule is CCOC(=O)c1ncn(-c2ccccc2Cl)n1. The summed E-state index contributed by atoms with van der Waals surface area (Å²) in [5.41, 5.74) is 0.664. The molecule has 0 saturated heterocycles. The van der Waals surface area contributed by atoms with E-state index < -0.39 is 5.97 Å². The van der Waals surface area contributed by atoms with Gasteiger partial charge in [-0.3, -0.25) is 0 Å². The molecule has 0 amide bonds. The van der Waals surface area contributed by atoms with Crippen LogP contribution in [0.5, 0.6) is 0 Å². The lowest BCUT2D eigenvalue weighted by atomic mass is 10.3. The molecular formula is C11H10ClN3O2. The van der Waals surface area contributed by atoms with Gasteiger partial charge in [-0.25, -0.2) is 14.5 Å². The van der Waals surface area contributed by atoms with Crippen LogP contribution in [0.25, 0.3) is 5.69 Å². The highest BCUT2D eigenvalue weighted by atomic mass is 35.5. The summed E-state index contributed by atoms with van der Waals surface area (Å²) in [7, 11) is 0. The van der Waals surface area contributed by atoms with Gasteiger partial charge in [0.05, 0.1) is 17.3 Å². The largest absolute Gasteiger partial charge is 0.460 e. The monoisotopic (exact) mass is 251 g/mol. The third-order valence-electron chi connectivity index (χ3n) is 2.05. The minimum Gasteiger partial charge on any atom is -0.460 e. The fourth-order valence-corrected chi connectivity index (χ4v) is 1.53. The molecule has 2 rings (SSSR count). The van der Waals surface area contributed by atoms with Crippen LogP contribution in [0.4, 0.5) is 0 Å². The molecule has 1 aromatic heterocycles. The standard InChI is InChI=1S/C11H10ClN3O2/c1-2-17-11(16)10-13-7-15(14-10)9-6-4-3-5-8(9)12/h3-7H,2H2,1H3. The molecule has 0 radical (unpaired) electrons. The lowest BCUT2D eigenvalue weighted by molar-refractivity contribution is 0.0512. The zero-order valence-corrected chi connectivity index (χ0v) is 9.89. The van der Waals surface area contributed by atoms with Crippen LogP contribution in [-0.4, -0.2) is 27.3 Å². The first-order chi connectivity index (χ1) is 8.22. The van der Waals surface area contributed by atoms with Gasteiger partial charge in [0.2, 0.25) is 0 Å². The smallest absolute Gasteiger partial charge is 0.378 e. The molecule has 1 heterocycles. The van der Waals surface area contributed by atoms with Gasteiger partial charge >= 0.3 is 5.97 Å². The van der Waals surface area contributed by atoms with E-state index in [1.807, 2.05) is 12.1 Å². The Morgan fingerprint density at radius 2 is 2.24 bits per heavy atom. The number of benzene rings is 1. The predicted octanol–water partition coefficient (Wildman–Crippen LogP) is 2.10. The fourth-order valence-electron chi connectivity index (χ4n) is 1.31. The van der Waals surface area contributed by atoms with Crippen LogP contribution in [0.3, 0.4) is 0 Å². The molecular weight excluding hydrogens is 242 g/mol. The molecule has 6 heteroatoms. The number of nitrogens with zero attached hydrogens (tertiary/aromatic N) is 3. The summed E-state index contributed by atoms with van der Waals surface area (Å²) in [6.45, 7) is 2.02. The Balaban J connectivity index is 2.30. The number of carbonyl (C=O) groups is 1. The quantitative estimate of drug-likeness (QED) is 0.784. The van der Waals surface area contributed by atoms with E-state index in [1.165, 1.54) is 11.0 Å². The van der Waals surface area contributed by atoms with Gasteiger partial charge in [0.1, 0.15) is 6.33 Å². The highest BCUT2D eigenvalue weighted by Crippen LogP contribution is 2.18. The minimum absolute atomic E-state index is 0.0202. The first kappa shape index (κ1) is 11.6. The molecule has 17 heavy (non-hydrogen) atoms. The van der Waals surface area contributed by atoms with E-state index in [9.17, 15) is 4.79 Å². The Hall–Kier alpha value is -1.88. The molecule has 88 valence electrons. The van der Waals surface area contributed by atoms with Crippen molar-refractivity contribution in [2.75, 3.05) is 6.61 Å². The third kappa shape index (κ3) is 2.45. The van der Waals surface area contributed by atoms with Gasteiger partial charge in [0, 0.05) is 0 Å². The molecule has 0 N–H and O–H groups in total. The predicted molar refractivity (Wildman–Crippen MR) is 62.3 cm³/mol. The van der Waals surface area contributed by atoms with Crippen molar-refractivity contribution >= 4 is 17.6 Å². The third-order valence-corrected chi connectivity index (χ3v) is 2.37. The highest BCUT2D eigenvalue weighted by Gasteiger charge is 2.13. The normalized spacial score (nSPS) is 10.2. The first-order valence-electron chi connectivity index (χ1n) is 5.06. The summed E-state index contributed by atoms with van der Waals surface area (Å²) in [6, 6.07) is 7.16. The average molecular weight is 252 g/mol. The Morgan fingerprint density at radius 1 is 1.47 bits per heavy atom. The van der Waals surface area contributed by atoms with Gasteiger partial charge in [-0.1, -0.05) is 23.7 Å². The molecule has 0 bridgehead atoms. The van der Waals surface area contributed by atoms with Crippen LogP contribution in [0.1, 0.15) is 17.5 Å². The maximum atomic E-state index is 11.4. The number of ether oxygens (including phenoxy) is 1. The van der Waals surface area contributed by atoms with Crippen LogP contribution >= 0.6 is 11.6 Å². The molecule has 0 aliphatic heterocycles. The van der Waals surface area contributed by atoms with Gasteiger partial charge in [0.15, 0.2) is 0 Å². The molecule has 0 saturated carbocycles. The van der Waals surface area contributed by atoms with E-state index in [0.29, 0.717) is 17.3 Å². The lowest BCUT2D eigenvalue weighted by Gasteiger charge is -2.01. The van der Waals surface area contributed by atoms with E-state index in [1.54, 1.807) is 19.1 Å². The minimum atomic E-state index is -0.543. The summed E-state index contributed by atoms with van der Waals surface area (Å²) in [5.74, 6) is -0.523. The van der Waals surface area contributed by atoms with E-state index in [4.69, 9.17) is 16.3 Å². The van der Waals surface area contributed by atoms with Crippen LogP contribution in [0.2, 0.25) is 5.02 Å². The number of hydrogen-bond acceptors (Lipinski definition) is 4. The van der Waals surface area contributed by atoms with Gasteiger partial charge in [0.25, 0.3) is 5.82 Å². The highest BCUT2D eigenvalue weighted by molar-refractivity contribution is 6.32. The second-order valence-corrected chi connectivity index (χ2v) is 3.59. The molecule has 0 unspecified atom stereocenters. The van der Waals surface area contributed by atoms with Crippen molar-refractivity contribution in [3.05, 3.63) is 41.4 Å². The Labute approximate surface area is 103 Å². The molecule has 1 aromatic carbocycles. The van der Waals surface area contributed by atoms with Crippen molar-refractivity contribution in [3.63, 3.8) is 0 Å². The molecule has 5 nitrogen and oxygen atoms in total. The number of halogens is 1. The first-order valence-corrected chi connectivity index (χ1v) is 5.44. The Bertz CT molecular complexity index is 539. The van der Waals surface area contributed by atoms with Gasteiger partial charge in [-0.15, -0.1) is 5.10 Å². The van der Waals surface area contributed by atoms with Crippen LogP contribution in [0, 0.1) is 0 Å². The molecule has 0 atom stereocenters. The number of hydrogen-bond donors (Lipinski definition) is 0. The second kappa shape index (κ2) is 4.97. The summed E-state index contributed by atoms with van der Waals surface area (Å²) < 4.78 is 6.24. The maximum Gasteiger partial charge on any atom is 0.378 e. The zero-order chi connectivity index (χ0) is 12.3. The summed E-state index contributed by atoms with van der Waals surface area (Å²) in [5, 5.41) is 4.54. The van der Waals surface area contributed by atoms with Crippen LogP contribution in [-0.2, 0) is 4.74 Å². The average Bonchev–Trinajstić information content (AvgIpc) is 2.79. The molecule has 0 aliphatic rings. The van der Waals surface area contributed by atoms with Crippen molar-refractivity contribution in [2.45, 2.75) is 6.92 Å². The Morgan fingerprint density at radius 3 is 2.94 bits per heavy atom. The van der Waals surface area contributed by atoms with Gasteiger partial charge in [-0.05, 0) is 19.1 Å².